The van der Waals surface area contributed by atoms with Crippen LogP contribution in [0.5, 0.6) is 0 Å². The predicted octanol–water partition coefficient (Wildman–Crippen LogP) is 3.82. The molecule has 1 aliphatic heterocycles. The van der Waals surface area contributed by atoms with Crippen molar-refractivity contribution in [1.82, 2.24) is 30.4 Å². The topological polar surface area (TPSA) is 107 Å². The monoisotopic (exact) mass is 591 g/mol. The number of fused-ring (bicyclic) bond motifs is 1. The third-order valence-corrected chi connectivity index (χ3v) is 6.66. The van der Waals surface area contributed by atoms with Crippen molar-refractivity contribution in [1.29, 1.82) is 0 Å². The molecule has 12 heteroatoms. The van der Waals surface area contributed by atoms with Crippen LogP contribution in [0.3, 0.4) is 0 Å². The van der Waals surface area contributed by atoms with E-state index in [2.05, 4.69) is 46.8 Å². The Hall–Kier alpha value is -3.18. The molecule has 0 radical (unpaired) electrons. The van der Waals surface area contributed by atoms with Gasteiger partial charge in [0.15, 0.2) is 0 Å². The molecule has 0 atom stereocenters. The SMILES string of the molecule is Cc1nnc(-c2ccc(C)c(NCC(=O)N(CCNC(C)C)CC(=O)N(C)N3Cc4ccccc4C3)c2)o1.Cl.Cl. The van der Waals surface area contributed by atoms with Gasteiger partial charge in [0.1, 0.15) is 6.54 Å². The number of anilines is 1. The highest BCUT2D eigenvalue weighted by molar-refractivity contribution is 5.87. The molecule has 1 aliphatic rings. The second kappa shape index (κ2) is 15.0. The van der Waals surface area contributed by atoms with Crippen LogP contribution < -0.4 is 10.6 Å². The van der Waals surface area contributed by atoms with Gasteiger partial charge in [-0.3, -0.25) is 14.6 Å². The van der Waals surface area contributed by atoms with E-state index in [4.69, 9.17) is 4.42 Å². The van der Waals surface area contributed by atoms with Gasteiger partial charge < -0.3 is 20.0 Å². The van der Waals surface area contributed by atoms with E-state index in [9.17, 15) is 9.59 Å². The van der Waals surface area contributed by atoms with E-state index in [0.29, 0.717) is 38.0 Å². The molecule has 4 rings (SSSR count). The fraction of sp³-hybridized carbons (Fsp3) is 0.429. The molecule has 0 aliphatic carbocycles. The van der Waals surface area contributed by atoms with E-state index in [-0.39, 0.29) is 55.8 Å². The molecule has 0 bridgehead atoms. The minimum atomic E-state index is -0.152. The first-order valence-electron chi connectivity index (χ1n) is 13.0. The fourth-order valence-corrected chi connectivity index (χ4v) is 4.37. The molecule has 2 amide bonds. The summed E-state index contributed by atoms with van der Waals surface area (Å²) < 4.78 is 5.54. The highest BCUT2D eigenvalue weighted by Gasteiger charge is 2.27. The summed E-state index contributed by atoms with van der Waals surface area (Å²) in [4.78, 5) is 28.2. The van der Waals surface area contributed by atoms with E-state index < -0.39 is 0 Å². The third-order valence-electron chi connectivity index (χ3n) is 6.66. The fourth-order valence-electron chi connectivity index (χ4n) is 4.37. The number of benzene rings is 2. The minimum absolute atomic E-state index is 0. The van der Waals surface area contributed by atoms with Crippen molar-refractivity contribution < 1.29 is 14.0 Å². The number of carbonyl (C=O) groups is 2. The van der Waals surface area contributed by atoms with E-state index in [1.165, 1.54) is 11.1 Å². The molecule has 0 saturated carbocycles. The third kappa shape index (κ3) is 8.41. The Morgan fingerprint density at radius 2 is 1.70 bits per heavy atom. The molecule has 218 valence electrons. The number of hydrogen-bond acceptors (Lipinski definition) is 8. The average Bonchev–Trinajstić information content (AvgIpc) is 3.53. The van der Waals surface area contributed by atoms with Crippen molar-refractivity contribution in [3.63, 3.8) is 0 Å². The van der Waals surface area contributed by atoms with Crippen molar-refractivity contribution in [3.05, 3.63) is 65.0 Å². The van der Waals surface area contributed by atoms with Crippen molar-refractivity contribution in [2.45, 2.75) is 46.8 Å². The number of nitrogens with one attached hydrogen (secondary N) is 2. The van der Waals surface area contributed by atoms with E-state index in [1.54, 1.807) is 23.9 Å². The largest absolute Gasteiger partial charge is 0.421 e. The summed E-state index contributed by atoms with van der Waals surface area (Å²) in [7, 11) is 1.77. The van der Waals surface area contributed by atoms with Gasteiger partial charge in [-0.2, -0.15) is 0 Å². The van der Waals surface area contributed by atoms with Gasteiger partial charge in [-0.1, -0.05) is 44.2 Å². The first-order valence-corrected chi connectivity index (χ1v) is 13.0. The lowest BCUT2D eigenvalue weighted by atomic mass is 10.1. The quantitative estimate of drug-likeness (QED) is 0.346. The van der Waals surface area contributed by atoms with Crippen LogP contribution in [-0.2, 0) is 22.7 Å². The molecule has 0 spiro atoms. The lowest BCUT2D eigenvalue weighted by Gasteiger charge is -2.31. The predicted molar refractivity (Wildman–Crippen MR) is 160 cm³/mol. The molecule has 2 heterocycles. The summed E-state index contributed by atoms with van der Waals surface area (Å²) in [5.74, 6) is 0.639. The standard InChI is InChI=1S/C28H37N7O3.2ClH/c1-19(2)29-12-13-34(18-27(37)33(5)35-16-23-8-6-7-9-24(23)17-35)26(36)15-30-25-14-22(11-10-20(25)3)28-32-31-21(4)38-28;;/h6-11,14,19,29-30H,12-13,15-18H2,1-5H3;2*1H. The average molecular weight is 593 g/mol. The van der Waals surface area contributed by atoms with Crippen molar-refractivity contribution >= 4 is 42.3 Å². The van der Waals surface area contributed by atoms with Gasteiger partial charge in [0, 0.05) is 57.4 Å². The molecule has 0 saturated heterocycles. The van der Waals surface area contributed by atoms with E-state index >= 15 is 0 Å². The van der Waals surface area contributed by atoms with Crippen LogP contribution in [0, 0.1) is 13.8 Å². The van der Waals surface area contributed by atoms with Crippen LogP contribution in [0.1, 0.15) is 36.4 Å². The van der Waals surface area contributed by atoms with E-state index in [1.807, 2.05) is 42.3 Å². The summed E-state index contributed by atoms with van der Waals surface area (Å²) >= 11 is 0. The maximum atomic E-state index is 13.3. The van der Waals surface area contributed by atoms with Gasteiger partial charge >= 0.3 is 0 Å². The highest BCUT2D eigenvalue weighted by Crippen LogP contribution is 2.25. The number of hydrogen-bond donors (Lipinski definition) is 2. The van der Waals surface area contributed by atoms with Gasteiger partial charge in [-0.05, 0) is 35.7 Å². The molecular formula is C28H39Cl2N7O3. The number of hydrazine groups is 1. The Labute approximate surface area is 248 Å². The molecule has 0 unspecified atom stereocenters. The maximum Gasteiger partial charge on any atom is 0.256 e. The number of aromatic nitrogens is 2. The van der Waals surface area contributed by atoms with Gasteiger partial charge in [0.25, 0.3) is 5.91 Å². The van der Waals surface area contributed by atoms with Crippen LogP contribution >= 0.6 is 24.8 Å². The first-order chi connectivity index (χ1) is 18.2. The Morgan fingerprint density at radius 3 is 2.30 bits per heavy atom. The highest BCUT2D eigenvalue weighted by atomic mass is 35.5. The lowest BCUT2D eigenvalue weighted by molar-refractivity contribution is -0.151. The number of rotatable bonds is 11. The summed E-state index contributed by atoms with van der Waals surface area (Å²) in [6.45, 7) is 10.3. The summed E-state index contributed by atoms with van der Waals surface area (Å²) in [5.41, 5.74) is 4.99. The number of carbonyl (C=O) groups excluding carboxylic acids is 2. The van der Waals surface area contributed by atoms with Gasteiger partial charge in [0.2, 0.25) is 17.7 Å². The van der Waals surface area contributed by atoms with Crippen LogP contribution in [0.25, 0.3) is 11.5 Å². The molecule has 40 heavy (non-hydrogen) atoms. The Kier molecular flexibility index (Phi) is 12.4. The zero-order valence-corrected chi connectivity index (χ0v) is 25.3. The lowest BCUT2D eigenvalue weighted by Crippen LogP contribution is -2.49. The second-order valence-electron chi connectivity index (χ2n) is 9.94. The zero-order valence-electron chi connectivity index (χ0n) is 23.6. The van der Waals surface area contributed by atoms with Crippen molar-refractivity contribution in [3.8, 4) is 11.5 Å². The Balaban J connectivity index is 0.00000280. The van der Waals surface area contributed by atoms with Crippen molar-refractivity contribution in [2.75, 3.05) is 38.5 Å². The molecule has 1 aromatic heterocycles. The molecular weight excluding hydrogens is 553 g/mol. The molecule has 0 fully saturated rings. The van der Waals surface area contributed by atoms with Crippen LogP contribution in [-0.4, -0.2) is 76.2 Å². The Bertz CT molecular complexity index is 1260. The normalized spacial score (nSPS) is 12.3. The summed E-state index contributed by atoms with van der Waals surface area (Å²) in [5, 5.41) is 18.2. The van der Waals surface area contributed by atoms with Crippen LogP contribution in [0.4, 0.5) is 5.69 Å². The number of halogens is 2. The Morgan fingerprint density at radius 1 is 1.02 bits per heavy atom. The first kappa shape index (κ1) is 33.0. The van der Waals surface area contributed by atoms with Gasteiger partial charge in [-0.15, -0.1) is 35.0 Å². The summed E-state index contributed by atoms with van der Waals surface area (Å²) in [6, 6.07) is 14.2. The van der Waals surface area contributed by atoms with Crippen LogP contribution in [0.2, 0.25) is 0 Å². The maximum absolute atomic E-state index is 13.3. The smallest absolute Gasteiger partial charge is 0.256 e. The van der Waals surface area contributed by atoms with Crippen molar-refractivity contribution in [2.24, 2.45) is 0 Å². The molecule has 3 aromatic rings. The number of likely N-dealkylation sites (N-methyl/N-ethyl adjacent to an activating group) is 1. The van der Waals surface area contributed by atoms with Gasteiger partial charge in [0.05, 0.1) is 6.54 Å². The van der Waals surface area contributed by atoms with Gasteiger partial charge in [-0.25, -0.2) is 5.01 Å². The van der Waals surface area contributed by atoms with Crippen LogP contribution in [0.15, 0.2) is 46.9 Å². The second-order valence-corrected chi connectivity index (χ2v) is 9.94. The molecule has 2 N–H and O–H groups in total. The minimum Gasteiger partial charge on any atom is -0.421 e. The number of nitrogens with zero attached hydrogens (tertiary/aromatic N) is 5. The molecule has 2 aromatic carbocycles. The zero-order chi connectivity index (χ0) is 27.2. The summed E-state index contributed by atoms with van der Waals surface area (Å²) in [6.07, 6.45) is 0. The number of amides is 2. The number of aryl methyl sites for hydroxylation is 2. The molecule has 10 nitrogen and oxygen atoms in total. The van der Waals surface area contributed by atoms with E-state index in [0.717, 1.165) is 16.8 Å².